The highest BCUT2D eigenvalue weighted by atomic mass is 16.6. The monoisotopic (exact) mass is 318 g/mol. The number of carbonyl (C=O) groups excluding carboxylic acids is 1. The molecule has 1 aromatic rings. The molecule has 0 aliphatic carbocycles. The second kappa shape index (κ2) is 6.95. The molecule has 23 heavy (non-hydrogen) atoms. The van der Waals surface area contributed by atoms with Crippen LogP contribution in [-0.4, -0.2) is 55.0 Å². The van der Waals surface area contributed by atoms with Gasteiger partial charge in [-0.3, -0.25) is 14.9 Å². The first kappa shape index (κ1) is 15.7. The van der Waals surface area contributed by atoms with Crippen LogP contribution in [0.15, 0.2) is 24.3 Å². The van der Waals surface area contributed by atoms with Gasteiger partial charge in [0.2, 0.25) is 5.91 Å². The van der Waals surface area contributed by atoms with Gasteiger partial charge in [-0.1, -0.05) is 12.1 Å². The molecule has 2 heterocycles. The molecule has 1 unspecified atom stereocenters. The molecule has 1 amide bonds. The number of carbonyl (C=O) groups is 1. The molecular formula is C16H22N4O3. The van der Waals surface area contributed by atoms with Crippen LogP contribution in [0.25, 0.3) is 0 Å². The number of piperazine rings is 1. The van der Waals surface area contributed by atoms with E-state index in [1.807, 2.05) is 15.9 Å². The first-order valence-corrected chi connectivity index (χ1v) is 8.14. The summed E-state index contributed by atoms with van der Waals surface area (Å²) >= 11 is 0. The zero-order chi connectivity index (χ0) is 16.2. The van der Waals surface area contributed by atoms with Crippen LogP contribution in [0, 0.1) is 16.0 Å². The number of para-hydroxylation sites is 2. The van der Waals surface area contributed by atoms with E-state index in [4.69, 9.17) is 0 Å². The van der Waals surface area contributed by atoms with E-state index in [2.05, 4.69) is 5.32 Å². The molecule has 0 spiro atoms. The highest BCUT2D eigenvalue weighted by Gasteiger charge is 2.29. The summed E-state index contributed by atoms with van der Waals surface area (Å²) in [5.74, 6) is 0.306. The van der Waals surface area contributed by atoms with Crippen LogP contribution in [0.1, 0.15) is 12.8 Å². The van der Waals surface area contributed by atoms with Gasteiger partial charge in [-0.05, 0) is 25.5 Å². The van der Waals surface area contributed by atoms with Gasteiger partial charge in [-0.2, -0.15) is 0 Å². The number of benzene rings is 1. The molecule has 0 radical (unpaired) electrons. The normalized spacial score (nSPS) is 22.0. The third-order valence-corrected chi connectivity index (χ3v) is 4.66. The number of nitrogens with one attached hydrogen (secondary N) is 1. The molecule has 1 N–H and O–H groups in total. The summed E-state index contributed by atoms with van der Waals surface area (Å²) in [5, 5.41) is 14.4. The number of hydrogen-bond acceptors (Lipinski definition) is 5. The fourth-order valence-electron chi connectivity index (χ4n) is 3.37. The van der Waals surface area contributed by atoms with Gasteiger partial charge in [0.05, 0.1) is 10.8 Å². The quantitative estimate of drug-likeness (QED) is 0.670. The van der Waals surface area contributed by atoms with E-state index in [0.29, 0.717) is 31.9 Å². The molecule has 2 fully saturated rings. The molecule has 0 bridgehead atoms. The highest BCUT2D eigenvalue weighted by molar-refractivity contribution is 5.79. The molecule has 0 aromatic heterocycles. The molecular weight excluding hydrogens is 296 g/mol. The SMILES string of the molecule is O=C(C1CCCNC1)N1CCN(c2ccccc2[N+](=O)[O-])CC1. The Morgan fingerprint density at radius 3 is 2.61 bits per heavy atom. The minimum atomic E-state index is -0.347. The maximum absolute atomic E-state index is 12.5. The summed E-state index contributed by atoms with van der Waals surface area (Å²) in [6.45, 7) is 4.29. The summed E-state index contributed by atoms with van der Waals surface area (Å²) < 4.78 is 0. The summed E-state index contributed by atoms with van der Waals surface area (Å²) in [6.07, 6.45) is 2.00. The number of nitro benzene ring substituents is 1. The molecule has 2 saturated heterocycles. The van der Waals surface area contributed by atoms with Gasteiger partial charge < -0.3 is 15.1 Å². The first-order valence-electron chi connectivity index (χ1n) is 8.14. The van der Waals surface area contributed by atoms with Crippen LogP contribution in [-0.2, 0) is 4.79 Å². The summed E-state index contributed by atoms with van der Waals surface area (Å²) in [4.78, 5) is 27.2. The molecule has 2 aliphatic heterocycles. The minimum absolute atomic E-state index is 0.0846. The molecule has 1 atom stereocenters. The van der Waals surface area contributed by atoms with Gasteiger partial charge in [-0.15, -0.1) is 0 Å². The lowest BCUT2D eigenvalue weighted by atomic mass is 9.98. The second-order valence-corrected chi connectivity index (χ2v) is 6.10. The Bertz CT molecular complexity index is 578. The first-order chi connectivity index (χ1) is 11.2. The number of amides is 1. The Morgan fingerprint density at radius 1 is 1.22 bits per heavy atom. The van der Waals surface area contributed by atoms with Gasteiger partial charge in [-0.25, -0.2) is 0 Å². The fraction of sp³-hybridized carbons (Fsp3) is 0.562. The molecule has 1 aromatic carbocycles. The number of anilines is 1. The van der Waals surface area contributed by atoms with Gasteiger partial charge in [0.1, 0.15) is 5.69 Å². The van der Waals surface area contributed by atoms with Gasteiger partial charge in [0, 0.05) is 38.8 Å². The Labute approximate surface area is 135 Å². The Hall–Kier alpha value is -2.15. The van der Waals surface area contributed by atoms with Crippen molar-refractivity contribution >= 4 is 17.3 Å². The number of nitro groups is 1. The minimum Gasteiger partial charge on any atom is -0.362 e. The lowest BCUT2D eigenvalue weighted by Gasteiger charge is -2.38. The largest absolute Gasteiger partial charge is 0.362 e. The second-order valence-electron chi connectivity index (χ2n) is 6.10. The zero-order valence-corrected chi connectivity index (χ0v) is 13.1. The van der Waals surface area contributed by atoms with E-state index in [-0.39, 0.29) is 22.4 Å². The van der Waals surface area contributed by atoms with E-state index in [1.165, 1.54) is 6.07 Å². The molecule has 2 aliphatic rings. The summed E-state index contributed by atoms with van der Waals surface area (Å²) in [7, 11) is 0. The van der Waals surface area contributed by atoms with Crippen molar-refractivity contribution in [2.45, 2.75) is 12.8 Å². The lowest BCUT2D eigenvalue weighted by Crippen LogP contribution is -2.52. The van der Waals surface area contributed by atoms with Gasteiger partial charge in [0.25, 0.3) is 5.69 Å². The van der Waals surface area contributed by atoms with Crippen LogP contribution < -0.4 is 10.2 Å². The van der Waals surface area contributed by atoms with Gasteiger partial charge in [0.15, 0.2) is 0 Å². The molecule has 3 rings (SSSR count). The van der Waals surface area contributed by atoms with Crippen molar-refractivity contribution in [3.8, 4) is 0 Å². The van der Waals surface area contributed by atoms with E-state index >= 15 is 0 Å². The third kappa shape index (κ3) is 3.44. The van der Waals surface area contributed by atoms with E-state index in [1.54, 1.807) is 12.1 Å². The maximum atomic E-state index is 12.5. The van der Waals surface area contributed by atoms with Crippen LogP contribution >= 0.6 is 0 Å². The van der Waals surface area contributed by atoms with E-state index in [9.17, 15) is 14.9 Å². The predicted molar refractivity (Wildman–Crippen MR) is 87.5 cm³/mol. The van der Waals surface area contributed by atoms with Crippen LogP contribution in [0.2, 0.25) is 0 Å². The highest BCUT2D eigenvalue weighted by Crippen LogP contribution is 2.28. The predicted octanol–water partition coefficient (Wildman–Crippen LogP) is 1.24. The number of piperidine rings is 1. The summed E-state index contributed by atoms with van der Waals surface area (Å²) in [6, 6.07) is 6.80. The number of hydrogen-bond donors (Lipinski definition) is 1. The van der Waals surface area contributed by atoms with Crippen LogP contribution in [0.5, 0.6) is 0 Å². The van der Waals surface area contributed by atoms with Crippen molar-refractivity contribution < 1.29 is 9.72 Å². The maximum Gasteiger partial charge on any atom is 0.292 e. The van der Waals surface area contributed by atoms with Crippen LogP contribution in [0.4, 0.5) is 11.4 Å². The van der Waals surface area contributed by atoms with Crippen molar-refractivity contribution in [1.82, 2.24) is 10.2 Å². The Kier molecular flexibility index (Phi) is 4.76. The molecule has 7 nitrogen and oxygen atoms in total. The van der Waals surface area contributed by atoms with Crippen molar-refractivity contribution in [3.05, 3.63) is 34.4 Å². The van der Waals surface area contributed by atoms with Crippen molar-refractivity contribution in [1.29, 1.82) is 0 Å². The Balaban J connectivity index is 1.62. The molecule has 0 saturated carbocycles. The lowest BCUT2D eigenvalue weighted by molar-refractivity contribution is -0.384. The van der Waals surface area contributed by atoms with E-state index in [0.717, 1.165) is 25.9 Å². The third-order valence-electron chi connectivity index (χ3n) is 4.66. The summed E-state index contributed by atoms with van der Waals surface area (Å²) in [5.41, 5.74) is 0.771. The average molecular weight is 318 g/mol. The molecule has 124 valence electrons. The number of rotatable bonds is 3. The Morgan fingerprint density at radius 2 is 1.96 bits per heavy atom. The standard InChI is InChI=1S/C16H22N4O3/c21-16(13-4-3-7-17-12-13)19-10-8-18(9-11-19)14-5-1-2-6-15(14)20(22)23/h1-2,5-6,13,17H,3-4,7-12H2. The average Bonchev–Trinajstić information content (AvgIpc) is 2.62. The van der Waals surface area contributed by atoms with Gasteiger partial charge >= 0.3 is 0 Å². The topological polar surface area (TPSA) is 78.7 Å². The van der Waals surface area contributed by atoms with E-state index < -0.39 is 0 Å². The van der Waals surface area contributed by atoms with Crippen LogP contribution in [0.3, 0.4) is 0 Å². The smallest absolute Gasteiger partial charge is 0.292 e. The van der Waals surface area contributed by atoms with Crippen molar-refractivity contribution in [2.75, 3.05) is 44.2 Å². The van der Waals surface area contributed by atoms with Crippen molar-refractivity contribution in [2.24, 2.45) is 5.92 Å². The van der Waals surface area contributed by atoms with Crippen molar-refractivity contribution in [3.63, 3.8) is 0 Å². The molecule has 7 heteroatoms. The number of nitrogens with zero attached hydrogens (tertiary/aromatic N) is 3. The zero-order valence-electron chi connectivity index (χ0n) is 13.1. The fourth-order valence-corrected chi connectivity index (χ4v) is 3.37.